The molecule has 4 fully saturated rings. The smallest absolute Gasteiger partial charge is 0.333 e. The standard InChI is InChI=1S/C88H186O29Si20/c1-72(2)81(89)95-53-47-59-129(38)110-134(43,79(14)48-54-96-82(90)73(3)4)111-131(40,115-136(45,114-129)87(16,17)51-56-98-84(92)75(7)8)69-64-123(28,29)106-126(34,35)107-124(30,31)66-71-133(42)113-135(44,80(15)49-55-97-83(91)74(5)6)112-132(41,116-137(46,117-133)88(18,19)52-57-99-85(93)76(9)10)70-65-122(26,27)105-125(32,33)104-121(24,25)63-68-128(37)102-118-58-61-119(20,21)103-120(22,23)62-67-127(36,101-118)108-130(39,109-128)60-50-78(13)100-86(94)77(11)12/h78-80,118H,1,3,5,7,9,11,47-71H2,2,4,6,8,10,12-46H3. The molecule has 15 unspecified atom stereocenters. The maximum Gasteiger partial charge on any atom is 0.333 e. The van der Waals surface area contributed by atoms with Crippen LogP contribution in [0.15, 0.2) is 72.9 Å². The fourth-order valence-corrected chi connectivity index (χ4v) is 138. The molecule has 49 heteroatoms. The maximum absolute atomic E-state index is 13.2. The van der Waals surface area contributed by atoms with E-state index in [9.17, 15) is 28.8 Å². The number of esters is 6. The van der Waals surface area contributed by atoms with Gasteiger partial charge in [0.05, 0.1) is 39.1 Å². The van der Waals surface area contributed by atoms with Crippen molar-refractivity contribution < 1.29 is 127 Å². The first-order chi connectivity index (χ1) is 61.6. The summed E-state index contributed by atoms with van der Waals surface area (Å²) in [7, 11) is -60.6. The highest BCUT2D eigenvalue weighted by molar-refractivity contribution is 6.99. The summed E-state index contributed by atoms with van der Waals surface area (Å²) < 4.78 is 165. The molecule has 0 N–H and O–H groups in total. The average molecular weight is 2270 g/mol. The minimum atomic E-state index is -3.64. The molecule has 29 nitrogen and oxygen atoms in total. The van der Waals surface area contributed by atoms with Gasteiger partial charge in [-0.05, 0) is 348 Å². The van der Waals surface area contributed by atoms with Crippen LogP contribution in [-0.4, -0.2) is 245 Å². The Balaban J connectivity index is 1.77. The van der Waals surface area contributed by atoms with Crippen molar-refractivity contribution in [1.82, 2.24) is 0 Å². The topological polar surface area (TPSA) is 315 Å². The highest BCUT2D eigenvalue weighted by Crippen LogP contribution is 2.54. The Morgan fingerprint density at radius 2 is 0.628 bits per heavy atom. The monoisotopic (exact) mass is 2270 g/mol. The van der Waals surface area contributed by atoms with Crippen molar-refractivity contribution in [3.05, 3.63) is 72.9 Å². The molecule has 137 heavy (non-hydrogen) atoms. The maximum atomic E-state index is 13.2. The molecule has 4 rings (SSSR count). The second kappa shape index (κ2) is 49.6. The minimum absolute atomic E-state index is 0.0893. The molecule has 4 aliphatic heterocycles. The summed E-state index contributed by atoms with van der Waals surface area (Å²) in [5.74, 6) is -2.83. The van der Waals surface area contributed by atoms with Crippen molar-refractivity contribution in [2.75, 3.05) is 33.0 Å². The Labute approximate surface area is 849 Å². The quantitative estimate of drug-likeness (QED) is 0.0180. The Morgan fingerprint density at radius 3 is 0.956 bits per heavy atom. The van der Waals surface area contributed by atoms with Gasteiger partial charge in [0, 0.05) is 54.6 Å². The van der Waals surface area contributed by atoms with E-state index in [1.807, 2.05) is 13.5 Å². The Morgan fingerprint density at radius 1 is 0.336 bits per heavy atom. The van der Waals surface area contributed by atoms with E-state index in [-0.39, 0.29) is 50.2 Å². The summed E-state index contributed by atoms with van der Waals surface area (Å²) >= 11 is 0. The van der Waals surface area contributed by atoms with Crippen molar-refractivity contribution >= 4 is 206 Å². The molecule has 0 aromatic carbocycles. The summed E-state index contributed by atoms with van der Waals surface area (Å²) in [4.78, 5) is 77.5. The lowest BCUT2D eigenvalue weighted by Crippen LogP contribution is -2.70. The second-order valence-electron chi connectivity index (χ2n) is 47.3. The van der Waals surface area contributed by atoms with Crippen LogP contribution in [0.3, 0.4) is 0 Å². The molecule has 792 valence electrons. The Hall–Kier alpha value is -1.08. The number of carbonyl (C=O) groups is 6. The lowest BCUT2D eigenvalue weighted by Gasteiger charge is -2.55. The molecule has 0 aliphatic carbocycles. The number of fused-ring (bicyclic) bond motifs is 2. The third-order valence-electron chi connectivity index (χ3n) is 26.6. The number of rotatable bonds is 50. The average Bonchev–Trinajstić information content (AvgIpc) is 0.742. The molecule has 4 aliphatic rings. The summed E-state index contributed by atoms with van der Waals surface area (Å²) in [6, 6.07) is 9.38. The second-order valence-corrected chi connectivity index (χ2v) is 125. The Kier molecular flexibility index (Phi) is 46.4. The van der Waals surface area contributed by atoms with Crippen LogP contribution in [0, 0.1) is 0 Å². The number of ether oxygens (including phenoxy) is 6. The minimum Gasteiger partial charge on any atom is -0.462 e. The molecule has 0 aromatic heterocycles. The lowest BCUT2D eigenvalue weighted by atomic mass is 10.1. The highest BCUT2D eigenvalue weighted by Gasteiger charge is 2.66. The van der Waals surface area contributed by atoms with Crippen molar-refractivity contribution in [1.29, 1.82) is 0 Å². The van der Waals surface area contributed by atoms with E-state index < -0.39 is 216 Å². The third-order valence-corrected chi connectivity index (χ3v) is 118. The van der Waals surface area contributed by atoms with Gasteiger partial charge in [0.25, 0.3) is 0 Å². The van der Waals surface area contributed by atoms with Crippen molar-refractivity contribution in [3.8, 4) is 0 Å². The zero-order chi connectivity index (χ0) is 106. The van der Waals surface area contributed by atoms with Crippen LogP contribution in [0.5, 0.6) is 0 Å². The van der Waals surface area contributed by atoms with Gasteiger partial charge in [0.2, 0.25) is 0 Å². The van der Waals surface area contributed by atoms with E-state index in [0.717, 1.165) is 30.2 Å². The number of hydrogen-bond acceptors (Lipinski definition) is 29. The molecule has 15 atom stereocenters. The first-order valence-corrected chi connectivity index (χ1v) is 103. The van der Waals surface area contributed by atoms with Crippen LogP contribution in [-0.2, 0) is 127 Å². The van der Waals surface area contributed by atoms with Crippen molar-refractivity contribution in [2.24, 2.45) is 0 Å². The van der Waals surface area contributed by atoms with Gasteiger partial charge in [-0.25, -0.2) is 28.8 Å². The highest BCUT2D eigenvalue weighted by atomic mass is 28.5. The van der Waals surface area contributed by atoms with Crippen LogP contribution >= 0.6 is 0 Å². The molecule has 2 bridgehead atoms. The van der Waals surface area contributed by atoms with Crippen molar-refractivity contribution in [2.45, 2.75) is 417 Å². The summed E-state index contributed by atoms with van der Waals surface area (Å²) in [6.07, 6.45) is 2.26. The lowest BCUT2D eigenvalue weighted by molar-refractivity contribution is -0.144. The predicted octanol–water partition coefficient (Wildman–Crippen LogP) is 23.8. The fraction of sp³-hybridized carbons (Fsp3) is 0.795. The zero-order valence-electron chi connectivity index (χ0n) is 92.6. The van der Waals surface area contributed by atoms with Gasteiger partial charge in [0.1, 0.15) is 0 Å². The van der Waals surface area contributed by atoms with E-state index >= 15 is 0 Å². The van der Waals surface area contributed by atoms with Crippen LogP contribution in [0.4, 0.5) is 0 Å². The fourth-order valence-electron chi connectivity index (χ4n) is 18.2. The SMILES string of the molecule is C=C(C)C(=O)OCCC[Si]1(C)O[Si](C)(C(C)CCOC(=O)C(=C)C)O[Si](C)(CC[Si](C)(C)O[Si](C)(C)O[Si](C)(C)CC[Si]2(C)O[Si](C)(C(C)CCOC(=O)C(=C)C)O[Si](C)(CC[Si](C)(C)O[Si](C)(C)O[Si](C)(C)CC[Si]3(C)O[SiH]4CC[Si](C)(C)O[Si](C)(C)CC[Si](C)(O4)O[Si](C)(CCC(C)OC(=O)C(=C)C)O3)O[Si](C)(C(C)(C)CCOC(=O)C(=C)C)O2)O[Si](C)(C(C)(C)CCOC(=O)C(=C)C)O1. The van der Waals surface area contributed by atoms with Crippen LogP contribution in [0.1, 0.15) is 129 Å². The largest absolute Gasteiger partial charge is 0.462 e. The van der Waals surface area contributed by atoms with E-state index in [0.29, 0.717) is 126 Å². The molecule has 0 radical (unpaired) electrons. The first-order valence-electron chi connectivity index (χ1n) is 49.5. The van der Waals surface area contributed by atoms with Gasteiger partial charge in [-0.2, -0.15) is 0 Å². The van der Waals surface area contributed by atoms with Crippen LogP contribution in [0.25, 0.3) is 0 Å². The van der Waals surface area contributed by atoms with Gasteiger partial charge >= 0.3 is 156 Å². The van der Waals surface area contributed by atoms with Gasteiger partial charge < -0.3 is 98.4 Å². The van der Waals surface area contributed by atoms with E-state index in [2.05, 4.69) is 251 Å². The molecule has 0 aromatic rings. The third kappa shape index (κ3) is 42.1. The summed E-state index contributed by atoms with van der Waals surface area (Å²) in [5.41, 5.74) is 1.35. The molecule has 4 saturated heterocycles. The molecular weight excluding hydrogens is 2080 g/mol. The van der Waals surface area contributed by atoms with Crippen LogP contribution < -0.4 is 0 Å². The molecule has 4 heterocycles. The number of hydrogen-bond donors (Lipinski definition) is 0. The van der Waals surface area contributed by atoms with E-state index in [4.69, 9.17) is 98.4 Å². The molecule has 0 saturated carbocycles. The van der Waals surface area contributed by atoms with E-state index in [1.165, 1.54) is 0 Å². The predicted molar refractivity (Wildman–Crippen MR) is 594 cm³/mol. The van der Waals surface area contributed by atoms with Gasteiger partial charge in [-0.15, -0.1) is 0 Å². The van der Waals surface area contributed by atoms with Gasteiger partial charge in [-0.3, -0.25) is 0 Å². The molecular formula is C88H186O29Si20. The number of carbonyl (C=O) groups excluding carboxylic acids is 6. The summed E-state index contributed by atoms with van der Waals surface area (Å²) in [5, 5.41) is -1.41. The zero-order valence-corrected chi connectivity index (χ0v) is 113. The van der Waals surface area contributed by atoms with Crippen LogP contribution in [0.2, 0.25) is 283 Å². The normalized spacial score (nSPS) is 29.7. The van der Waals surface area contributed by atoms with Gasteiger partial charge in [0.15, 0.2) is 49.9 Å². The summed E-state index contributed by atoms with van der Waals surface area (Å²) in [6.45, 7) is 107. The Bertz CT molecular complexity index is 4220. The molecule has 0 spiro atoms. The first kappa shape index (κ1) is 128. The van der Waals surface area contributed by atoms with Crippen molar-refractivity contribution in [3.63, 3.8) is 0 Å². The van der Waals surface area contributed by atoms with Gasteiger partial charge in [-0.1, -0.05) is 81.0 Å². The van der Waals surface area contributed by atoms with E-state index in [1.54, 1.807) is 41.5 Å². The molecule has 0 amide bonds.